The molecule has 1 aromatic carbocycles. The molecule has 0 heterocycles. The van der Waals surface area contributed by atoms with E-state index in [4.69, 9.17) is 5.11 Å². The summed E-state index contributed by atoms with van der Waals surface area (Å²) in [6.45, 7) is 3.17. The molecule has 0 radical (unpaired) electrons. The Hall–Kier alpha value is -2.18. The smallest absolute Gasteiger partial charge is 0.329 e. The number of benzene rings is 1. The summed E-state index contributed by atoms with van der Waals surface area (Å²) >= 11 is 0. The van der Waals surface area contributed by atoms with E-state index in [0.29, 0.717) is 6.42 Å². The lowest BCUT2D eigenvalue weighted by Gasteiger charge is -2.25. The summed E-state index contributed by atoms with van der Waals surface area (Å²) in [6, 6.07) is 2.06. The van der Waals surface area contributed by atoms with Gasteiger partial charge in [0.1, 0.15) is 5.54 Å². The third kappa shape index (κ3) is 3.91. The third-order valence-corrected chi connectivity index (χ3v) is 2.79. The molecule has 0 bridgehead atoms. The average molecular weight is 286 g/mol. The van der Waals surface area contributed by atoms with E-state index in [2.05, 4.69) is 10.6 Å². The SMILES string of the molecule is CCCC(C)(NC(=O)Nc1ccc(F)c(F)c1)C(=O)O. The van der Waals surface area contributed by atoms with Crippen molar-refractivity contribution in [2.75, 3.05) is 5.32 Å². The van der Waals surface area contributed by atoms with Crippen LogP contribution in [0.5, 0.6) is 0 Å². The van der Waals surface area contributed by atoms with Gasteiger partial charge < -0.3 is 15.7 Å². The monoisotopic (exact) mass is 286 g/mol. The van der Waals surface area contributed by atoms with E-state index < -0.39 is 29.2 Å². The zero-order valence-corrected chi connectivity index (χ0v) is 11.2. The fraction of sp³-hybridized carbons (Fsp3) is 0.385. The number of anilines is 1. The third-order valence-electron chi connectivity index (χ3n) is 2.79. The van der Waals surface area contributed by atoms with Crippen molar-refractivity contribution in [2.24, 2.45) is 0 Å². The quantitative estimate of drug-likeness (QED) is 0.778. The van der Waals surface area contributed by atoms with Crippen LogP contribution in [0.1, 0.15) is 26.7 Å². The van der Waals surface area contributed by atoms with Crippen LogP contribution in [0.2, 0.25) is 0 Å². The summed E-state index contributed by atoms with van der Waals surface area (Å²) in [5.41, 5.74) is -1.39. The van der Waals surface area contributed by atoms with Crippen LogP contribution in [0.15, 0.2) is 18.2 Å². The lowest BCUT2D eigenvalue weighted by atomic mass is 9.97. The number of rotatable bonds is 5. The van der Waals surface area contributed by atoms with Crippen molar-refractivity contribution in [3.8, 4) is 0 Å². The van der Waals surface area contributed by atoms with Crippen LogP contribution in [0.25, 0.3) is 0 Å². The van der Waals surface area contributed by atoms with E-state index in [1.54, 1.807) is 6.92 Å². The molecule has 0 aliphatic carbocycles. The second-order valence-electron chi connectivity index (χ2n) is 4.60. The number of nitrogens with one attached hydrogen (secondary N) is 2. The van der Waals surface area contributed by atoms with Crippen LogP contribution in [-0.2, 0) is 4.79 Å². The Balaban J connectivity index is 2.75. The first-order chi connectivity index (χ1) is 9.28. The van der Waals surface area contributed by atoms with Gasteiger partial charge in [0.05, 0.1) is 0 Å². The van der Waals surface area contributed by atoms with Crippen molar-refractivity contribution in [3.63, 3.8) is 0 Å². The van der Waals surface area contributed by atoms with Gasteiger partial charge in [0.15, 0.2) is 11.6 Å². The van der Waals surface area contributed by atoms with Crippen molar-refractivity contribution in [1.82, 2.24) is 5.32 Å². The number of carboxylic acid groups (broad SMARTS) is 1. The minimum Gasteiger partial charge on any atom is -0.480 e. The van der Waals surface area contributed by atoms with Gasteiger partial charge in [0.2, 0.25) is 0 Å². The molecule has 0 saturated carbocycles. The second-order valence-corrected chi connectivity index (χ2v) is 4.60. The molecule has 1 rings (SSSR count). The highest BCUT2D eigenvalue weighted by molar-refractivity contribution is 5.93. The van der Waals surface area contributed by atoms with E-state index in [0.717, 1.165) is 12.1 Å². The zero-order valence-electron chi connectivity index (χ0n) is 11.2. The van der Waals surface area contributed by atoms with E-state index in [9.17, 15) is 18.4 Å². The summed E-state index contributed by atoms with van der Waals surface area (Å²) in [5.74, 6) is -3.30. The summed E-state index contributed by atoms with van der Waals surface area (Å²) in [4.78, 5) is 22.8. The number of carbonyl (C=O) groups excluding carboxylic acids is 1. The molecule has 0 aliphatic rings. The Morgan fingerprint density at radius 1 is 1.30 bits per heavy atom. The molecule has 7 heteroatoms. The van der Waals surface area contributed by atoms with Crippen LogP contribution in [0.4, 0.5) is 19.3 Å². The fourth-order valence-electron chi connectivity index (χ4n) is 1.71. The molecule has 0 aliphatic heterocycles. The van der Waals surface area contributed by atoms with E-state index >= 15 is 0 Å². The van der Waals surface area contributed by atoms with Crippen molar-refractivity contribution in [3.05, 3.63) is 29.8 Å². The highest BCUT2D eigenvalue weighted by atomic mass is 19.2. The Bertz CT molecular complexity index is 522. The van der Waals surface area contributed by atoms with Gasteiger partial charge in [-0.25, -0.2) is 18.4 Å². The molecule has 5 nitrogen and oxygen atoms in total. The van der Waals surface area contributed by atoms with Gasteiger partial charge in [-0.05, 0) is 25.5 Å². The number of halogens is 2. The molecule has 20 heavy (non-hydrogen) atoms. The normalized spacial score (nSPS) is 13.4. The maximum absolute atomic E-state index is 13.0. The summed E-state index contributed by atoms with van der Waals surface area (Å²) in [6.07, 6.45) is 0.807. The number of hydrogen-bond acceptors (Lipinski definition) is 2. The first kappa shape index (κ1) is 15.9. The largest absolute Gasteiger partial charge is 0.480 e. The summed E-state index contributed by atoms with van der Waals surface area (Å²) < 4.78 is 25.7. The van der Waals surface area contributed by atoms with Crippen molar-refractivity contribution >= 4 is 17.7 Å². The predicted molar refractivity (Wildman–Crippen MR) is 69.5 cm³/mol. The second kappa shape index (κ2) is 6.31. The minimum absolute atomic E-state index is 0.0330. The van der Waals surface area contributed by atoms with Crippen LogP contribution in [0.3, 0.4) is 0 Å². The maximum Gasteiger partial charge on any atom is 0.329 e. The maximum atomic E-state index is 13.0. The molecule has 0 fully saturated rings. The van der Waals surface area contributed by atoms with Crippen molar-refractivity contribution in [2.45, 2.75) is 32.2 Å². The highest BCUT2D eigenvalue weighted by Gasteiger charge is 2.33. The van der Waals surface area contributed by atoms with E-state index in [-0.39, 0.29) is 12.1 Å². The van der Waals surface area contributed by atoms with Gasteiger partial charge in [-0.1, -0.05) is 13.3 Å². The molecular formula is C13H16F2N2O3. The number of urea groups is 1. The molecule has 2 amide bonds. The average Bonchev–Trinajstić information content (AvgIpc) is 2.33. The molecule has 0 spiro atoms. The van der Waals surface area contributed by atoms with Crippen LogP contribution >= 0.6 is 0 Å². The van der Waals surface area contributed by atoms with Gasteiger partial charge in [-0.2, -0.15) is 0 Å². The van der Waals surface area contributed by atoms with E-state index in [1.165, 1.54) is 13.0 Å². The molecule has 1 aromatic rings. The van der Waals surface area contributed by atoms with Gasteiger partial charge in [-0.3, -0.25) is 0 Å². The molecular weight excluding hydrogens is 270 g/mol. The number of aliphatic carboxylic acids is 1. The molecule has 3 N–H and O–H groups in total. The molecule has 1 atom stereocenters. The van der Waals surface area contributed by atoms with Gasteiger partial charge in [0, 0.05) is 11.8 Å². The Morgan fingerprint density at radius 2 is 1.95 bits per heavy atom. The topological polar surface area (TPSA) is 78.4 Å². The van der Waals surface area contributed by atoms with Crippen LogP contribution in [-0.4, -0.2) is 22.6 Å². The molecule has 1 unspecified atom stereocenters. The molecule has 110 valence electrons. The number of amides is 2. The Kier molecular flexibility index (Phi) is 5.01. The summed E-state index contributed by atoms with van der Waals surface area (Å²) in [7, 11) is 0. The van der Waals surface area contributed by atoms with Gasteiger partial charge in [-0.15, -0.1) is 0 Å². The highest BCUT2D eigenvalue weighted by Crippen LogP contribution is 2.15. The molecule has 0 saturated heterocycles. The predicted octanol–water partition coefficient (Wildman–Crippen LogP) is 2.73. The van der Waals surface area contributed by atoms with Gasteiger partial charge in [0.25, 0.3) is 0 Å². The number of carbonyl (C=O) groups is 2. The number of carboxylic acids is 1. The Morgan fingerprint density at radius 3 is 2.45 bits per heavy atom. The lowest BCUT2D eigenvalue weighted by molar-refractivity contribution is -0.143. The van der Waals surface area contributed by atoms with Crippen molar-refractivity contribution < 1.29 is 23.5 Å². The Labute approximate surface area is 115 Å². The van der Waals surface area contributed by atoms with Crippen LogP contribution in [0, 0.1) is 11.6 Å². The first-order valence-electron chi connectivity index (χ1n) is 6.06. The fourth-order valence-corrected chi connectivity index (χ4v) is 1.71. The summed E-state index contributed by atoms with van der Waals surface area (Å²) in [5, 5.41) is 13.7. The lowest BCUT2D eigenvalue weighted by Crippen LogP contribution is -2.53. The first-order valence-corrected chi connectivity index (χ1v) is 6.06. The molecule has 0 aromatic heterocycles. The van der Waals surface area contributed by atoms with Crippen LogP contribution < -0.4 is 10.6 Å². The zero-order chi connectivity index (χ0) is 15.3. The standard InChI is InChI=1S/C13H16F2N2O3/c1-3-6-13(2,11(18)19)17-12(20)16-8-4-5-9(14)10(15)7-8/h4-5,7H,3,6H2,1-2H3,(H,18,19)(H2,16,17,20). The number of hydrogen-bond donors (Lipinski definition) is 3. The van der Waals surface area contributed by atoms with Crippen molar-refractivity contribution in [1.29, 1.82) is 0 Å². The minimum atomic E-state index is -1.42. The van der Waals surface area contributed by atoms with Gasteiger partial charge >= 0.3 is 12.0 Å². The van der Waals surface area contributed by atoms with E-state index in [1.807, 2.05) is 0 Å².